The van der Waals surface area contributed by atoms with Gasteiger partial charge < -0.3 is 5.32 Å². The number of carbonyl (C=O) groups is 1. The Bertz CT molecular complexity index is 955. The predicted octanol–water partition coefficient (Wildman–Crippen LogP) is 2.19. The molecule has 5 nitrogen and oxygen atoms in total. The van der Waals surface area contributed by atoms with Crippen LogP contribution in [0.2, 0.25) is 0 Å². The summed E-state index contributed by atoms with van der Waals surface area (Å²) < 4.78 is 23.5. The van der Waals surface area contributed by atoms with Crippen molar-refractivity contribution in [2.75, 3.05) is 24.7 Å². The topological polar surface area (TPSA) is 66.5 Å². The van der Waals surface area contributed by atoms with Crippen LogP contribution < -0.4 is 5.32 Å². The minimum absolute atomic E-state index is 0.0705. The molecule has 1 amide bonds. The number of amides is 1. The molecule has 25 heavy (non-hydrogen) atoms. The lowest BCUT2D eigenvalue weighted by Gasteiger charge is -2.22. The number of sulfone groups is 1. The first-order valence-corrected chi connectivity index (χ1v) is 10.2. The molecule has 0 bridgehead atoms. The number of nitrogens with zero attached hydrogens (tertiary/aromatic N) is 1. The number of rotatable bonds is 3. The molecule has 0 radical (unpaired) electrons. The van der Waals surface area contributed by atoms with Crippen molar-refractivity contribution in [1.29, 1.82) is 0 Å². The Morgan fingerprint density at radius 2 is 1.96 bits per heavy atom. The summed E-state index contributed by atoms with van der Waals surface area (Å²) in [5, 5.41) is 3.00. The smallest absolute Gasteiger partial charge is 0.236 e. The summed E-state index contributed by atoms with van der Waals surface area (Å²) in [5.41, 5.74) is 2.46. The molecular weight excluding hydrogens is 336 g/mol. The van der Waals surface area contributed by atoms with E-state index < -0.39 is 15.3 Å². The van der Waals surface area contributed by atoms with E-state index in [4.69, 9.17) is 0 Å². The van der Waals surface area contributed by atoms with Crippen LogP contribution in [-0.4, -0.2) is 38.6 Å². The van der Waals surface area contributed by atoms with Gasteiger partial charge in [-0.05, 0) is 42.3 Å². The molecule has 2 aromatic carbocycles. The first-order chi connectivity index (χ1) is 11.9. The number of anilines is 1. The number of para-hydroxylation sites is 1. The minimum Gasteiger partial charge on any atom is -0.325 e. The summed E-state index contributed by atoms with van der Waals surface area (Å²) in [5.74, 6) is 0.0705. The zero-order valence-electron chi connectivity index (χ0n) is 14.0. The third-order valence-corrected chi connectivity index (χ3v) is 6.32. The lowest BCUT2D eigenvalue weighted by Crippen LogP contribution is -2.37. The van der Waals surface area contributed by atoms with Crippen LogP contribution >= 0.6 is 0 Å². The van der Waals surface area contributed by atoms with Crippen molar-refractivity contribution in [3.63, 3.8) is 0 Å². The zero-order chi connectivity index (χ0) is 17.7. The second-order valence-corrected chi connectivity index (χ2v) is 8.98. The molecule has 0 saturated carbocycles. The summed E-state index contributed by atoms with van der Waals surface area (Å²) in [4.78, 5) is 15.2. The van der Waals surface area contributed by atoms with Gasteiger partial charge >= 0.3 is 0 Å². The van der Waals surface area contributed by atoms with E-state index in [2.05, 4.69) is 10.2 Å². The predicted molar refractivity (Wildman–Crippen MR) is 96.2 cm³/mol. The van der Waals surface area contributed by atoms with Crippen molar-refractivity contribution in [2.24, 2.45) is 0 Å². The number of benzene rings is 2. The highest BCUT2D eigenvalue weighted by atomic mass is 32.2. The molecule has 6 heteroatoms. The van der Waals surface area contributed by atoms with Crippen molar-refractivity contribution in [3.8, 4) is 0 Å². The number of nitrogens with one attached hydrogen (secondary N) is 1. The SMILES string of the molecule is CS(=O)(=O)c1cccc(CN2CCC3(C2)C(=O)Nc2ccccc23)c1. The van der Waals surface area contributed by atoms with Gasteiger partial charge in [0.1, 0.15) is 0 Å². The Hall–Kier alpha value is -2.18. The monoisotopic (exact) mass is 356 g/mol. The molecule has 2 heterocycles. The van der Waals surface area contributed by atoms with Gasteiger partial charge in [-0.25, -0.2) is 8.42 Å². The average molecular weight is 356 g/mol. The van der Waals surface area contributed by atoms with Gasteiger partial charge in [-0.2, -0.15) is 0 Å². The second kappa shape index (κ2) is 5.68. The van der Waals surface area contributed by atoms with Gasteiger partial charge in [0.15, 0.2) is 9.84 Å². The number of hydrogen-bond donors (Lipinski definition) is 1. The van der Waals surface area contributed by atoms with Crippen molar-refractivity contribution in [3.05, 3.63) is 59.7 Å². The molecule has 0 aliphatic carbocycles. The molecule has 1 fully saturated rings. The van der Waals surface area contributed by atoms with E-state index in [0.717, 1.165) is 29.8 Å². The molecule has 0 aromatic heterocycles. The third kappa shape index (κ3) is 2.75. The summed E-state index contributed by atoms with van der Waals surface area (Å²) >= 11 is 0. The fourth-order valence-electron chi connectivity index (χ4n) is 3.94. The summed E-state index contributed by atoms with van der Waals surface area (Å²) in [7, 11) is -3.21. The van der Waals surface area contributed by atoms with Gasteiger partial charge in [0.25, 0.3) is 0 Å². The molecule has 1 unspecified atom stereocenters. The van der Waals surface area contributed by atoms with Gasteiger partial charge in [0.05, 0.1) is 10.3 Å². The summed E-state index contributed by atoms with van der Waals surface area (Å²) in [6, 6.07) is 14.9. The van der Waals surface area contributed by atoms with Gasteiger partial charge in [-0.1, -0.05) is 30.3 Å². The van der Waals surface area contributed by atoms with Crippen LogP contribution in [0, 0.1) is 0 Å². The highest BCUT2D eigenvalue weighted by Gasteiger charge is 2.50. The molecule has 1 atom stereocenters. The molecular formula is C19H20N2O3S. The number of fused-ring (bicyclic) bond motifs is 2. The summed E-state index contributed by atoms with van der Waals surface area (Å²) in [6.45, 7) is 2.10. The lowest BCUT2D eigenvalue weighted by atomic mass is 9.81. The minimum atomic E-state index is -3.21. The van der Waals surface area contributed by atoms with Crippen LogP contribution in [-0.2, 0) is 26.6 Å². The molecule has 4 rings (SSSR count). The van der Waals surface area contributed by atoms with Crippen LogP contribution in [0.5, 0.6) is 0 Å². The van der Waals surface area contributed by atoms with Gasteiger partial charge in [0.2, 0.25) is 5.91 Å². The molecule has 1 saturated heterocycles. The first-order valence-electron chi connectivity index (χ1n) is 8.31. The quantitative estimate of drug-likeness (QED) is 0.915. The number of carbonyl (C=O) groups excluding carboxylic acids is 1. The molecule has 2 aliphatic rings. The maximum Gasteiger partial charge on any atom is 0.236 e. The van der Waals surface area contributed by atoms with E-state index >= 15 is 0 Å². The van der Waals surface area contributed by atoms with E-state index in [-0.39, 0.29) is 5.91 Å². The molecule has 2 aliphatic heterocycles. The Labute approximate surface area is 147 Å². The number of likely N-dealkylation sites (tertiary alicyclic amines) is 1. The van der Waals surface area contributed by atoms with Gasteiger partial charge in [0, 0.05) is 25.0 Å². The number of hydrogen-bond acceptors (Lipinski definition) is 4. The summed E-state index contributed by atoms with van der Waals surface area (Å²) in [6.07, 6.45) is 2.00. The van der Waals surface area contributed by atoms with Gasteiger partial charge in [-0.15, -0.1) is 0 Å². The highest BCUT2D eigenvalue weighted by molar-refractivity contribution is 7.90. The van der Waals surface area contributed by atoms with E-state index in [0.29, 0.717) is 18.0 Å². The van der Waals surface area contributed by atoms with E-state index in [1.165, 1.54) is 6.26 Å². The average Bonchev–Trinajstić information content (AvgIpc) is 3.11. The fraction of sp³-hybridized carbons (Fsp3) is 0.316. The standard InChI is InChI=1S/C19H20N2O3S/c1-25(23,24)15-6-4-5-14(11-15)12-21-10-9-19(13-21)16-7-2-3-8-17(16)20-18(19)22/h2-8,11H,9-10,12-13H2,1H3,(H,20,22). The van der Waals surface area contributed by atoms with E-state index in [9.17, 15) is 13.2 Å². The first kappa shape index (κ1) is 16.3. The van der Waals surface area contributed by atoms with Crippen molar-refractivity contribution in [2.45, 2.75) is 23.3 Å². The van der Waals surface area contributed by atoms with Crippen molar-refractivity contribution < 1.29 is 13.2 Å². The zero-order valence-corrected chi connectivity index (χ0v) is 14.8. The molecule has 130 valence electrons. The van der Waals surface area contributed by atoms with Gasteiger partial charge in [-0.3, -0.25) is 9.69 Å². The van der Waals surface area contributed by atoms with Crippen LogP contribution in [0.15, 0.2) is 53.4 Å². The molecule has 1 spiro atoms. The van der Waals surface area contributed by atoms with Crippen LogP contribution in [0.1, 0.15) is 17.5 Å². The van der Waals surface area contributed by atoms with Crippen molar-refractivity contribution in [1.82, 2.24) is 4.90 Å². The lowest BCUT2D eigenvalue weighted by molar-refractivity contribution is -0.120. The normalized spacial score (nSPS) is 23.0. The van der Waals surface area contributed by atoms with E-state index in [1.807, 2.05) is 30.3 Å². The maximum absolute atomic E-state index is 12.6. The highest BCUT2D eigenvalue weighted by Crippen LogP contribution is 2.44. The van der Waals surface area contributed by atoms with Crippen molar-refractivity contribution >= 4 is 21.4 Å². The Kier molecular flexibility index (Phi) is 3.70. The Balaban J connectivity index is 1.57. The Morgan fingerprint density at radius 1 is 1.16 bits per heavy atom. The Morgan fingerprint density at radius 3 is 2.76 bits per heavy atom. The van der Waals surface area contributed by atoms with Crippen LogP contribution in [0.25, 0.3) is 0 Å². The van der Waals surface area contributed by atoms with Crippen LogP contribution in [0.3, 0.4) is 0 Å². The van der Waals surface area contributed by atoms with Crippen LogP contribution in [0.4, 0.5) is 5.69 Å². The maximum atomic E-state index is 12.6. The second-order valence-electron chi connectivity index (χ2n) is 6.96. The third-order valence-electron chi connectivity index (χ3n) is 5.21. The largest absolute Gasteiger partial charge is 0.325 e. The van der Waals surface area contributed by atoms with E-state index in [1.54, 1.807) is 18.2 Å². The molecule has 2 aromatic rings. The molecule has 1 N–H and O–H groups in total. The fourth-order valence-corrected chi connectivity index (χ4v) is 4.63.